The summed E-state index contributed by atoms with van der Waals surface area (Å²) in [6.45, 7) is 1.83. The molecular weight excluding hydrogens is 215 g/mol. The molecule has 0 aromatic heterocycles. The van der Waals surface area contributed by atoms with Crippen molar-refractivity contribution >= 4 is 5.78 Å². The van der Waals surface area contributed by atoms with Crippen LogP contribution in [0.25, 0.3) is 0 Å². The number of rotatable bonds is 3. The van der Waals surface area contributed by atoms with Gasteiger partial charge in [-0.05, 0) is 30.5 Å². The molecule has 0 atom stereocenters. The van der Waals surface area contributed by atoms with Crippen molar-refractivity contribution in [3.05, 3.63) is 35.1 Å². The molecule has 1 aromatic rings. The van der Waals surface area contributed by atoms with Crippen molar-refractivity contribution in [3.8, 4) is 0 Å². The number of hydrogen-bond donors (Lipinski definition) is 0. The Morgan fingerprint density at radius 3 is 2.65 bits per heavy atom. The summed E-state index contributed by atoms with van der Waals surface area (Å²) in [6.07, 6.45) is 6.48. The second-order valence-corrected chi connectivity index (χ2v) is 5.11. The smallest absolute Gasteiger partial charge is 0.166 e. The number of aryl methyl sites for hydroxylation is 1. The van der Waals surface area contributed by atoms with Gasteiger partial charge in [-0.3, -0.25) is 4.79 Å². The third-order valence-electron chi connectivity index (χ3n) is 3.62. The molecule has 17 heavy (non-hydrogen) atoms. The molecule has 0 N–H and O–H groups in total. The minimum atomic E-state index is -0.370. The van der Waals surface area contributed by atoms with Crippen molar-refractivity contribution in [1.82, 2.24) is 0 Å². The van der Waals surface area contributed by atoms with E-state index in [2.05, 4.69) is 0 Å². The summed E-state index contributed by atoms with van der Waals surface area (Å²) in [5, 5.41) is 0. The summed E-state index contributed by atoms with van der Waals surface area (Å²) in [4.78, 5) is 12.0. The van der Waals surface area contributed by atoms with E-state index in [1.807, 2.05) is 6.92 Å². The van der Waals surface area contributed by atoms with E-state index in [0.29, 0.717) is 12.3 Å². The topological polar surface area (TPSA) is 17.1 Å². The Morgan fingerprint density at radius 2 is 2.00 bits per heavy atom. The van der Waals surface area contributed by atoms with Gasteiger partial charge in [0.25, 0.3) is 0 Å². The van der Waals surface area contributed by atoms with Crippen LogP contribution >= 0.6 is 0 Å². The Bertz CT molecular complexity index is 405. The van der Waals surface area contributed by atoms with Gasteiger partial charge in [-0.1, -0.05) is 38.2 Å². The molecule has 0 aliphatic heterocycles. The number of benzene rings is 1. The zero-order valence-corrected chi connectivity index (χ0v) is 10.3. The second kappa shape index (κ2) is 5.44. The SMILES string of the molecule is Cc1ccc(C(=O)CC2CCCCC2)c(F)c1. The number of ketones is 1. The summed E-state index contributed by atoms with van der Waals surface area (Å²) in [6, 6.07) is 4.86. The number of carbonyl (C=O) groups excluding carboxylic acids is 1. The molecule has 1 fully saturated rings. The second-order valence-electron chi connectivity index (χ2n) is 5.11. The maximum absolute atomic E-state index is 13.6. The minimum Gasteiger partial charge on any atom is -0.294 e. The molecule has 2 rings (SSSR count). The molecule has 1 aliphatic carbocycles. The van der Waals surface area contributed by atoms with E-state index < -0.39 is 0 Å². The zero-order valence-electron chi connectivity index (χ0n) is 10.3. The number of Topliss-reactive ketones (excluding diaryl/α,β-unsaturated/α-hetero) is 1. The lowest BCUT2D eigenvalue weighted by atomic mass is 9.84. The lowest BCUT2D eigenvalue weighted by Gasteiger charge is -2.20. The molecule has 1 aliphatic rings. The fraction of sp³-hybridized carbons (Fsp3) is 0.533. The summed E-state index contributed by atoms with van der Waals surface area (Å²) in [7, 11) is 0. The van der Waals surface area contributed by atoms with Gasteiger partial charge in [-0.25, -0.2) is 4.39 Å². The fourth-order valence-corrected chi connectivity index (χ4v) is 2.61. The zero-order chi connectivity index (χ0) is 12.3. The average Bonchev–Trinajstić information content (AvgIpc) is 2.30. The summed E-state index contributed by atoms with van der Waals surface area (Å²) >= 11 is 0. The Balaban J connectivity index is 2.03. The quantitative estimate of drug-likeness (QED) is 0.713. The lowest BCUT2D eigenvalue weighted by Crippen LogP contribution is -2.13. The van der Waals surface area contributed by atoms with Crippen LogP contribution in [-0.2, 0) is 0 Å². The van der Waals surface area contributed by atoms with Crippen LogP contribution in [-0.4, -0.2) is 5.78 Å². The number of hydrogen-bond acceptors (Lipinski definition) is 1. The van der Waals surface area contributed by atoms with Gasteiger partial charge in [0.2, 0.25) is 0 Å². The van der Waals surface area contributed by atoms with Crippen molar-refractivity contribution in [2.45, 2.75) is 45.4 Å². The van der Waals surface area contributed by atoms with Crippen LogP contribution < -0.4 is 0 Å². The van der Waals surface area contributed by atoms with E-state index in [0.717, 1.165) is 18.4 Å². The van der Waals surface area contributed by atoms with Gasteiger partial charge in [0, 0.05) is 6.42 Å². The molecule has 1 saturated carbocycles. The number of halogens is 1. The van der Waals surface area contributed by atoms with Gasteiger partial charge in [0.05, 0.1) is 5.56 Å². The van der Waals surface area contributed by atoms with Gasteiger partial charge < -0.3 is 0 Å². The van der Waals surface area contributed by atoms with E-state index in [1.54, 1.807) is 12.1 Å². The van der Waals surface area contributed by atoms with Gasteiger partial charge in [0.1, 0.15) is 5.82 Å². The maximum Gasteiger partial charge on any atom is 0.166 e. The molecule has 2 heteroatoms. The summed E-state index contributed by atoms with van der Waals surface area (Å²) in [5.41, 5.74) is 1.12. The molecule has 1 aromatic carbocycles. The van der Waals surface area contributed by atoms with Crippen LogP contribution in [0.3, 0.4) is 0 Å². The molecule has 0 amide bonds. The molecule has 0 unspecified atom stereocenters. The van der Waals surface area contributed by atoms with Crippen LogP contribution in [0.4, 0.5) is 4.39 Å². The normalized spacial score (nSPS) is 17.1. The van der Waals surface area contributed by atoms with Gasteiger partial charge in [-0.2, -0.15) is 0 Å². The molecule has 0 saturated heterocycles. The maximum atomic E-state index is 13.6. The first kappa shape index (κ1) is 12.3. The average molecular weight is 234 g/mol. The predicted molar refractivity (Wildman–Crippen MR) is 66.7 cm³/mol. The van der Waals surface area contributed by atoms with Gasteiger partial charge in [-0.15, -0.1) is 0 Å². The standard InChI is InChI=1S/C15H19FO/c1-11-7-8-13(14(16)9-11)15(17)10-12-5-3-2-4-6-12/h7-9,12H,2-6,10H2,1H3. The monoisotopic (exact) mass is 234 g/mol. The first-order valence-corrected chi connectivity index (χ1v) is 6.46. The highest BCUT2D eigenvalue weighted by Crippen LogP contribution is 2.28. The van der Waals surface area contributed by atoms with Crippen LogP contribution in [0.2, 0.25) is 0 Å². The largest absolute Gasteiger partial charge is 0.294 e. The molecular formula is C15H19FO. The van der Waals surface area contributed by atoms with Crippen LogP contribution in [0.1, 0.15) is 54.4 Å². The van der Waals surface area contributed by atoms with Crippen molar-refractivity contribution in [2.75, 3.05) is 0 Å². The van der Waals surface area contributed by atoms with Gasteiger partial charge >= 0.3 is 0 Å². The van der Waals surface area contributed by atoms with Crippen molar-refractivity contribution in [1.29, 1.82) is 0 Å². The van der Waals surface area contributed by atoms with E-state index in [1.165, 1.54) is 25.3 Å². The third-order valence-corrected chi connectivity index (χ3v) is 3.62. The molecule has 0 radical (unpaired) electrons. The Labute approximate surface area is 102 Å². The van der Waals surface area contributed by atoms with E-state index in [-0.39, 0.29) is 17.2 Å². The summed E-state index contributed by atoms with van der Waals surface area (Å²) < 4.78 is 13.6. The Morgan fingerprint density at radius 1 is 1.29 bits per heavy atom. The molecule has 0 bridgehead atoms. The highest BCUT2D eigenvalue weighted by atomic mass is 19.1. The van der Waals surface area contributed by atoms with Crippen molar-refractivity contribution in [3.63, 3.8) is 0 Å². The van der Waals surface area contributed by atoms with Crippen LogP contribution in [0, 0.1) is 18.7 Å². The van der Waals surface area contributed by atoms with E-state index >= 15 is 0 Å². The highest BCUT2D eigenvalue weighted by molar-refractivity contribution is 5.96. The van der Waals surface area contributed by atoms with Crippen molar-refractivity contribution < 1.29 is 9.18 Å². The highest BCUT2D eigenvalue weighted by Gasteiger charge is 2.19. The van der Waals surface area contributed by atoms with Gasteiger partial charge in [0.15, 0.2) is 5.78 Å². The molecule has 0 spiro atoms. The lowest BCUT2D eigenvalue weighted by molar-refractivity contribution is 0.0946. The fourth-order valence-electron chi connectivity index (χ4n) is 2.61. The predicted octanol–water partition coefficient (Wildman–Crippen LogP) is 4.29. The summed E-state index contributed by atoms with van der Waals surface area (Å²) in [5.74, 6) is 0.0668. The first-order chi connectivity index (χ1) is 8.16. The molecule has 92 valence electrons. The third kappa shape index (κ3) is 3.15. The van der Waals surface area contributed by atoms with Crippen molar-refractivity contribution in [2.24, 2.45) is 5.92 Å². The number of carbonyl (C=O) groups is 1. The van der Waals surface area contributed by atoms with Crippen LogP contribution in [0.5, 0.6) is 0 Å². The minimum absolute atomic E-state index is 0.0330. The van der Waals surface area contributed by atoms with Crippen LogP contribution in [0.15, 0.2) is 18.2 Å². The Kier molecular flexibility index (Phi) is 3.93. The Hall–Kier alpha value is -1.18. The van der Waals surface area contributed by atoms with E-state index in [9.17, 15) is 9.18 Å². The van der Waals surface area contributed by atoms with E-state index in [4.69, 9.17) is 0 Å². The molecule has 0 heterocycles. The molecule has 1 nitrogen and oxygen atoms in total. The first-order valence-electron chi connectivity index (χ1n) is 6.46.